The van der Waals surface area contributed by atoms with E-state index in [1.807, 2.05) is 13.8 Å². The van der Waals surface area contributed by atoms with Crippen LogP contribution >= 0.6 is 0 Å². The van der Waals surface area contributed by atoms with Crippen molar-refractivity contribution in [1.82, 2.24) is 4.98 Å². The number of hydrogen-bond acceptors (Lipinski definition) is 2. The topological polar surface area (TPSA) is 38.9 Å². The third kappa shape index (κ3) is 2.96. The summed E-state index contributed by atoms with van der Waals surface area (Å²) in [5, 5.41) is 0. The molecule has 66 valence electrons. The molecular weight excluding hydrogens is 155 g/mol. The Bertz CT molecular complexity index is 265. The summed E-state index contributed by atoms with van der Waals surface area (Å²) in [5.74, 6) is -0.260. The zero-order valence-corrected chi connectivity index (χ0v) is 7.34. The molecule has 0 aliphatic rings. The van der Waals surface area contributed by atoms with Gasteiger partial charge in [-0.25, -0.2) is 4.39 Å². The van der Waals surface area contributed by atoms with E-state index in [0.29, 0.717) is 12.1 Å². The molecule has 0 amide bonds. The van der Waals surface area contributed by atoms with Crippen LogP contribution in [0.2, 0.25) is 0 Å². The Morgan fingerprint density at radius 3 is 2.75 bits per heavy atom. The van der Waals surface area contributed by atoms with Crippen molar-refractivity contribution in [1.29, 1.82) is 0 Å². The molecule has 0 radical (unpaired) electrons. The van der Waals surface area contributed by atoms with E-state index in [-0.39, 0.29) is 11.4 Å². The number of pyridine rings is 1. The predicted octanol–water partition coefficient (Wildman–Crippen LogP) is 1.50. The van der Waals surface area contributed by atoms with E-state index in [1.165, 1.54) is 18.3 Å². The van der Waals surface area contributed by atoms with Gasteiger partial charge in [-0.2, -0.15) is 0 Å². The summed E-state index contributed by atoms with van der Waals surface area (Å²) in [6.07, 6.45) is 2.04. The van der Waals surface area contributed by atoms with Crippen LogP contribution in [0, 0.1) is 5.82 Å². The highest BCUT2D eigenvalue weighted by Crippen LogP contribution is 2.08. The molecular formula is C9H13FN2. The highest BCUT2D eigenvalue weighted by molar-refractivity contribution is 5.08. The first-order valence-corrected chi connectivity index (χ1v) is 3.87. The normalized spacial score (nSPS) is 11.7. The zero-order chi connectivity index (χ0) is 9.19. The van der Waals surface area contributed by atoms with Crippen LogP contribution in [0.1, 0.15) is 19.5 Å². The number of rotatable bonds is 2. The molecule has 0 atom stereocenters. The molecule has 0 unspecified atom stereocenters. The van der Waals surface area contributed by atoms with Gasteiger partial charge in [-0.3, -0.25) is 4.98 Å². The molecule has 2 nitrogen and oxygen atoms in total. The summed E-state index contributed by atoms with van der Waals surface area (Å²) < 4.78 is 12.7. The molecule has 0 fully saturated rings. The standard InChI is InChI=1S/C9H13FN2/c1-9(2,11)6-8-5-7(10)3-4-12-8/h3-5H,6,11H2,1-2H3. The Kier molecular flexibility index (Phi) is 2.43. The molecule has 3 heteroatoms. The van der Waals surface area contributed by atoms with Crippen molar-refractivity contribution >= 4 is 0 Å². The van der Waals surface area contributed by atoms with Gasteiger partial charge in [0, 0.05) is 23.9 Å². The molecule has 0 aromatic carbocycles. The van der Waals surface area contributed by atoms with Gasteiger partial charge in [0.15, 0.2) is 0 Å². The van der Waals surface area contributed by atoms with Crippen LogP contribution in [-0.2, 0) is 6.42 Å². The van der Waals surface area contributed by atoms with Crippen LogP contribution < -0.4 is 5.73 Å². The van der Waals surface area contributed by atoms with Gasteiger partial charge >= 0.3 is 0 Å². The fourth-order valence-electron chi connectivity index (χ4n) is 1.01. The van der Waals surface area contributed by atoms with Gasteiger partial charge in [-0.05, 0) is 26.0 Å². The van der Waals surface area contributed by atoms with E-state index in [9.17, 15) is 4.39 Å². The summed E-state index contributed by atoms with van der Waals surface area (Å²) in [4.78, 5) is 4.00. The molecule has 1 rings (SSSR count). The molecule has 0 aliphatic heterocycles. The molecule has 0 aliphatic carbocycles. The van der Waals surface area contributed by atoms with Crippen LogP contribution in [0.3, 0.4) is 0 Å². The molecule has 1 aromatic heterocycles. The van der Waals surface area contributed by atoms with E-state index < -0.39 is 0 Å². The maximum Gasteiger partial charge on any atom is 0.126 e. The smallest absolute Gasteiger partial charge is 0.126 e. The summed E-state index contributed by atoms with van der Waals surface area (Å²) in [6, 6.07) is 2.74. The lowest BCUT2D eigenvalue weighted by atomic mass is 10.00. The Morgan fingerprint density at radius 1 is 1.58 bits per heavy atom. The van der Waals surface area contributed by atoms with Gasteiger partial charge in [0.2, 0.25) is 0 Å². The Balaban J connectivity index is 2.77. The van der Waals surface area contributed by atoms with Crippen LogP contribution in [-0.4, -0.2) is 10.5 Å². The van der Waals surface area contributed by atoms with Gasteiger partial charge in [0.05, 0.1) is 0 Å². The molecule has 0 saturated heterocycles. The highest BCUT2D eigenvalue weighted by atomic mass is 19.1. The molecule has 1 aromatic rings. The summed E-state index contributed by atoms with van der Waals surface area (Å²) >= 11 is 0. The van der Waals surface area contributed by atoms with Gasteiger partial charge in [-0.1, -0.05) is 0 Å². The van der Waals surface area contributed by atoms with E-state index >= 15 is 0 Å². The number of nitrogens with two attached hydrogens (primary N) is 1. The van der Waals surface area contributed by atoms with E-state index in [1.54, 1.807) is 0 Å². The first-order chi connectivity index (χ1) is 5.47. The maximum atomic E-state index is 12.7. The van der Waals surface area contributed by atoms with Crippen LogP contribution in [0.25, 0.3) is 0 Å². The number of hydrogen-bond donors (Lipinski definition) is 1. The van der Waals surface area contributed by atoms with Crippen LogP contribution in [0.15, 0.2) is 18.3 Å². The van der Waals surface area contributed by atoms with Crippen molar-refractivity contribution in [3.8, 4) is 0 Å². The third-order valence-electron chi connectivity index (χ3n) is 1.42. The molecule has 12 heavy (non-hydrogen) atoms. The average Bonchev–Trinajstić information content (AvgIpc) is 1.82. The monoisotopic (exact) mass is 168 g/mol. The largest absolute Gasteiger partial charge is 0.325 e. The fraction of sp³-hybridized carbons (Fsp3) is 0.444. The quantitative estimate of drug-likeness (QED) is 0.726. The first kappa shape index (κ1) is 9.13. The fourth-order valence-corrected chi connectivity index (χ4v) is 1.01. The predicted molar refractivity (Wildman–Crippen MR) is 46.2 cm³/mol. The van der Waals surface area contributed by atoms with Gasteiger partial charge in [0.25, 0.3) is 0 Å². The number of halogens is 1. The van der Waals surface area contributed by atoms with Gasteiger partial charge < -0.3 is 5.73 Å². The lowest BCUT2D eigenvalue weighted by molar-refractivity contribution is 0.507. The van der Waals surface area contributed by atoms with Crippen molar-refractivity contribution in [2.45, 2.75) is 25.8 Å². The molecule has 1 heterocycles. The Hall–Kier alpha value is -0.960. The highest BCUT2D eigenvalue weighted by Gasteiger charge is 2.12. The zero-order valence-electron chi connectivity index (χ0n) is 7.34. The van der Waals surface area contributed by atoms with Crippen molar-refractivity contribution in [3.05, 3.63) is 29.8 Å². The van der Waals surface area contributed by atoms with E-state index in [2.05, 4.69) is 4.98 Å². The molecule has 0 bridgehead atoms. The van der Waals surface area contributed by atoms with Crippen molar-refractivity contribution in [3.63, 3.8) is 0 Å². The second-order valence-electron chi connectivity index (χ2n) is 3.63. The summed E-state index contributed by atoms with van der Waals surface area (Å²) in [7, 11) is 0. The minimum absolute atomic E-state index is 0.260. The Labute approximate surface area is 71.6 Å². The van der Waals surface area contributed by atoms with Crippen LogP contribution in [0.4, 0.5) is 4.39 Å². The Morgan fingerprint density at radius 2 is 2.25 bits per heavy atom. The van der Waals surface area contributed by atoms with E-state index in [0.717, 1.165) is 0 Å². The molecule has 0 spiro atoms. The van der Waals surface area contributed by atoms with Crippen LogP contribution in [0.5, 0.6) is 0 Å². The van der Waals surface area contributed by atoms with Crippen molar-refractivity contribution < 1.29 is 4.39 Å². The molecule has 2 N–H and O–H groups in total. The number of aromatic nitrogens is 1. The van der Waals surface area contributed by atoms with Crippen molar-refractivity contribution in [2.75, 3.05) is 0 Å². The SMILES string of the molecule is CC(C)(N)Cc1cc(F)ccn1. The van der Waals surface area contributed by atoms with Crippen molar-refractivity contribution in [2.24, 2.45) is 5.73 Å². The number of nitrogens with zero attached hydrogens (tertiary/aromatic N) is 1. The first-order valence-electron chi connectivity index (χ1n) is 3.87. The van der Waals surface area contributed by atoms with Gasteiger partial charge in [-0.15, -0.1) is 0 Å². The third-order valence-corrected chi connectivity index (χ3v) is 1.42. The lowest BCUT2D eigenvalue weighted by Crippen LogP contribution is -2.34. The summed E-state index contributed by atoms with van der Waals surface area (Å²) in [5.41, 5.74) is 6.12. The minimum atomic E-state index is -0.333. The average molecular weight is 168 g/mol. The summed E-state index contributed by atoms with van der Waals surface area (Å²) in [6.45, 7) is 3.78. The minimum Gasteiger partial charge on any atom is -0.325 e. The second kappa shape index (κ2) is 3.19. The second-order valence-corrected chi connectivity index (χ2v) is 3.63. The van der Waals surface area contributed by atoms with Gasteiger partial charge in [0.1, 0.15) is 5.82 Å². The maximum absolute atomic E-state index is 12.7. The van der Waals surface area contributed by atoms with E-state index in [4.69, 9.17) is 5.73 Å². The lowest BCUT2D eigenvalue weighted by Gasteiger charge is -2.17. The molecule has 0 saturated carbocycles.